The number of halogens is 6. The summed E-state index contributed by atoms with van der Waals surface area (Å²) in [5, 5.41) is 8.41. The molecule has 0 unspecified atom stereocenters. The maximum Gasteiger partial charge on any atom is 0.573 e. The van der Waals surface area contributed by atoms with Crippen LogP contribution < -0.4 is 10.5 Å². The smallest absolute Gasteiger partial charge is 0.406 e. The lowest BCUT2D eigenvalue weighted by Crippen LogP contribution is -2.36. The molecule has 1 aromatic rings. The van der Waals surface area contributed by atoms with Gasteiger partial charge in [-0.3, -0.25) is 0 Å². The van der Waals surface area contributed by atoms with Crippen molar-refractivity contribution in [2.45, 2.75) is 18.3 Å². The van der Waals surface area contributed by atoms with Gasteiger partial charge in [-0.05, 0) is 18.2 Å². The molecule has 0 aliphatic carbocycles. The third-order valence-electron chi connectivity index (χ3n) is 2.20. The fraction of sp³-hybridized carbons (Fsp3) is 0.400. The molecular formula is C10H9F6NO2. The van der Waals surface area contributed by atoms with Crippen molar-refractivity contribution < 1.29 is 36.2 Å². The number of hydrogen-bond donors (Lipinski definition) is 2. The third-order valence-corrected chi connectivity index (χ3v) is 2.20. The second-order valence-corrected chi connectivity index (χ2v) is 3.63. The van der Waals surface area contributed by atoms with Crippen LogP contribution >= 0.6 is 0 Å². The highest BCUT2D eigenvalue weighted by Crippen LogP contribution is 2.33. The molecule has 0 radical (unpaired) electrons. The van der Waals surface area contributed by atoms with E-state index in [1.54, 1.807) is 0 Å². The predicted molar refractivity (Wildman–Crippen MR) is 52.0 cm³/mol. The summed E-state index contributed by atoms with van der Waals surface area (Å²) < 4.78 is 78.7. The van der Waals surface area contributed by atoms with Crippen LogP contribution in [-0.2, 0) is 0 Å². The third kappa shape index (κ3) is 4.00. The van der Waals surface area contributed by atoms with Crippen LogP contribution in [0, 0.1) is 5.82 Å². The van der Waals surface area contributed by atoms with E-state index in [1.807, 2.05) is 0 Å². The number of rotatable bonds is 4. The maximum atomic E-state index is 13.3. The van der Waals surface area contributed by atoms with Gasteiger partial charge in [0.05, 0.1) is 6.04 Å². The van der Waals surface area contributed by atoms with Crippen molar-refractivity contribution in [3.63, 3.8) is 0 Å². The number of hydrogen-bond acceptors (Lipinski definition) is 3. The first kappa shape index (κ1) is 15.6. The molecule has 0 aromatic heterocycles. The van der Waals surface area contributed by atoms with Gasteiger partial charge in [-0.2, -0.15) is 0 Å². The van der Waals surface area contributed by atoms with Crippen molar-refractivity contribution in [3.05, 3.63) is 29.6 Å². The minimum absolute atomic E-state index is 0.414. The Balaban J connectivity index is 3.11. The largest absolute Gasteiger partial charge is 0.573 e. The van der Waals surface area contributed by atoms with Gasteiger partial charge in [-0.15, -0.1) is 13.2 Å². The zero-order valence-corrected chi connectivity index (χ0v) is 9.22. The molecule has 3 nitrogen and oxygen atoms in total. The minimum atomic E-state index is -5.04. The molecule has 0 saturated carbocycles. The summed E-state index contributed by atoms with van der Waals surface area (Å²) in [6, 6.07) is -0.744. The van der Waals surface area contributed by atoms with Gasteiger partial charge in [-0.1, -0.05) is 0 Å². The number of benzene rings is 1. The Hall–Kier alpha value is -1.48. The molecule has 19 heavy (non-hydrogen) atoms. The molecule has 1 atom stereocenters. The zero-order valence-electron chi connectivity index (χ0n) is 9.22. The second-order valence-electron chi connectivity index (χ2n) is 3.63. The van der Waals surface area contributed by atoms with Crippen LogP contribution in [0.5, 0.6) is 5.75 Å². The molecule has 1 aromatic carbocycles. The lowest BCUT2D eigenvalue weighted by atomic mass is 10.0. The minimum Gasteiger partial charge on any atom is -0.406 e. The van der Waals surface area contributed by atoms with Crippen LogP contribution in [0.25, 0.3) is 0 Å². The summed E-state index contributed by atoms with van der Waals surface area (Å²) in [5.74, 6) is -5.99. The van der Waals surface area contributed by atoms with E-state index in [4.69, 9.17) is 10.8 Å². The predicted octanol–water partition coefficient (Wildman–Crippen LogP) is 2.35. The van der Waals surface area contributed by atoms with Crippen LogP contribution in [0.2, 0.25) is 0 Å². The summed E-state index contributed by atoms with van der Waals surface area (Å²) in [6.45, 7) is -1.67. The van der Waals surface area contributed by atoms with Crippen LogP contribution in [0.4, 0.5) is 26.3 Å². The van der Waals surface area contributed by atoms with Crippen molar-refractivity contribution in [2.75, 3.05) is 6.61 Å². The highest BCUT2D eigenvalue weighted by Gasteiger charge is 2.39. The molecule has 0 bridgehead atoms. The number of aliphatic hydroxyl groups excluding tert-OH is 1. The van der Waals surface area contributed by atoms with Gasteiger partial charge >= 0.3 is 6.36 Å². The van der Waals surface area contributed by atoms with Crippen LogP contribution in [-0.4, -0.2) is 24.0 Å². The standard InChI is InChI=1S/C10H9F6NO2/c11-7-2-1-5(19-10(14,15)16)3-6(7)8(17)9(12,13)4-18/h1-3,8,18H,4,17H2/t8-/m1/s1. The second kappa shape index (κ2) is 5.25. The van der Waals surface area contributed by atoms with E-state index < -0.39 is 42.1 Å². The van der Waals surface area contributed by atoms with Crippen molar-refractivity contribution in [1.29, 1.82) is 0 Å². The van der Waals surface area contributed by atoms with Gasteiger partial charge in [0.1, 0.15) is 18.2 Å². The average Bonchev–Trinajstić information content (AvgIpc) is 2.29. The van der Waals surface area contributed by atoms with Crippen LogP contribution in [0.15, 0.2) is 18.2 Å². The molecule has 0 heterocycles. The number of alkyl halides is 5. The van der Waals surface area contributed by atoms with E-state index in [0.29, 0.717) is 18.2 Å². The summed E-state index contributed by atoms with van der Waals surface area (Å²) in [6.07, 6.45) is -5.04. The van der Waals surface area contributed by atoms with Gasteiger partial charge < -0.3 is 15.6 Å². The molecule has 3 N–H and O–H groups in total. The fourth-order valence-electron chi connectivity index (χ4n) is 1.28. The first-order valence-corrected chi connectivity index (χ1v) is 4.86. The molecule has 1 rings (SSSR count). The number of nitrogens with two attached hydrogens (primary N) is 1. The first-order valence-electron chi connectivity index (χ1n) is 4.86. The Bertz CT molecular complexity index is 448. The van der Waals surface area contributed by atoms with E-state index in [-0.39, 0.29) is 0 Å². The summed E-state index contributed by atoms with van der Waals surface area (Å²) in [7, 11) is 0. The van der Waals surface area contributed by atoms with E-state index >= 15 is 0 Å². The first-order chi connectivity index (χ1) is 8.57. The van der Waals surface area contributed by atoms with E-state index in [1.165, 1.54) is 0 Å². The Morgan fingerprint density at radius 1 is 1.21 bits per heavy atom. The number of aliphatic hydroxyl groups is 1. The Kier molecular flexibility index (Phi) is 4.31. The molecule has 0 saturated heterocycles. The van der Waals surface area contributed by atoms with Gasteiger partial charge in [0.15, 0.2) is 0 Å². The lowest BCUT2D eigenvalue weighted by Gasteiger charge is -2.22. The van der Waals surface area contributed by atoms with Crippen molar-refractivity contribution in [3.8, 4) is 5.75 Å². The Morgan fingerprint density at radius 3 is 2.26 bits per heavy atom. The SMILES string of the molecule is N[C@H](c1cc(OC(F)(F)F)ccc1F)C(F)(F)CO. The van der Waals surface area contributed by atoms with Gasteiger partial charge in [0.25, 0.3) is 5.92 Å². The monoisotopic (exact) mass is 289 g/mol. The summed E-state index contributed by atoms with van der Waals surface area (Å²) >= 11 is 0. The normalized spacial score (nSPS) is 14.3. The summed E-state index contributed by atoms with van der Waals surface area (Å²) in [4.78, 5) is 0. The zero-order chi connectivity index (χ0) is 14.8. The van der Waals surface area contributed by atoms with E-state index in [0.717, 1.165) is 0 Å². The Morgan fingerprint density at radius 2 is 1.79 bits per heavy atom. The average molecular weight is 289 g/mol. The molecule has 0 aliphatic rings. The van der Waals surface area contributed by atoms with E-state index in [9.17, 15) is 26.3 Å². The van der Waals surface area contributed by atoms with Gasteiger partial charge in [-0.25, -0.2) is 13.2 Å². The Labute approximate surface area is 103 Å². The highest BCUT2D eigenvalue weighted by molar-refractivity contribution is 5.33. The van der Waals surface area contributed by atoms with Gasteiger partial charge in [0, 0.05) is 5.56 Å². The fourth-order valence-corrected chi connectivity index (χ4v) is 1.28. The maximum absolute atomic E-state index is 13.3. The number of ether oxygens (including phenoxy) is 1. The van der Waals surface area contributed by atoms with Crippen LogP contribution in [0.1, 0.15) is 11.6 Å². The van der Waals surface area contributed by atoms with Crippen molar-refractivity contribution in [2.24, 2.45) is 5.73 Å². The highest BCUT2D eigenvalue weighted by atomic mass is 19.4. The van der Waals surface area contributed by atoms with E-state index in [2.05, 4.69) is 4.74 Å². The summed E-state index contributed by atoms with van der Waals surface area (Å²) in [5.41, 5.74) is 4.14. The van der Waals surface area contributed by atoms with Crippen molar-refractivity contribution in [1.82, 2.24) is 0 Å². The lowest BCUT2D eigenvalue weighted by molar-refractivity contribution is -0.274. The molecule has 0 fully saturated rings. The molecule has 0 amide bonds. The van der Waals surface area contributed by atoms with Crippen LogP contribution in [0.3, 0.4) is 0 Å². The van der Waals surface area contributed by atoms with Crippen molar-refractivity contribution >= 4 is 0 Å². The molecular weight excluding hydrogens is 280 g/mol. The molecule has 108 valence electrons. The van der Waals surface area contributed by atoms with Gasteiger partial charge in [0.2, 0.25) is 0 Å². The topological polar surface area (TPSA) is 55.5 Å². The quantitative estimate of drug-likeness (QED) is 0.837. The molecule has 0 spiro atoms. The molecule has 0 aliphatic heterocycles. The molecule has 9 heteroatoms.